The lowest BCUT2D eigenvalue weighted by molar-refractivity contribution is 0.0506. The van der Waals surface area contributed by atoms with Crippen LogP contribution in [-0.4, -0.2) is 35.2 Å². The highest BCUT2D eigenvalue weighted by Gasteiger charge is 2.27. The van der Waals surface area contributed by atoms with Crippen LogP contribution in [0.25, 0.3) is 0 Å². The number of nitrogens with one attached hydrogen (secondary N) is 1. The first-order chi connectivity index (χ1) is 8.97. The number of benzene rings is 1. The summed E-state index contributed by atoms with van der Waals surface area (Å²) in [5, 5.41) is 13.1. The average molecular weight is 283 g/mol. The second-order valence-corrected chi connectivity index (χ2v) is 5.58. The van der Waals surface area contributed by atoms with Crippen molar-refractivity contribution < 1.29 is 9.90 Å². The van der Waals surface area contributed by atoms with Crippen LogP contribution in [-0.2, 0) is 0 Å². The zero-order chi connectivity index (χ0) is 14.0. The van der Waals surface area contributed by atoms with Gasteiger partial charge in [-0.2, -0.15) is 0 Å². The van der Waals surface area contributed by atoms with E-state index in [-0.39, 0.29) is 18.1 Å². The summed E-state index contributed by atoms with van der Waals surface area (Å²) in [4.78, 5) is 13.8. The summed E-state index contributed by atoms with van der Waals surface area (Å²) in [7, 11) is 0. The van der Waals surface area contributed by atoms with Gasteiger partial charge in [0.15, 0.2) is 0 Å². The third-order valence-corrected chi connectivity index (χ3v) is 3.98. The SMILES string of the molecule is Cc1ccc(NC(=O)N2CC[C@@H](O)[C@@H](C)C2)cc1Cl. The number of nitrogens with zero attached hydrogens (tertiary/aromatic N) is 1. The van der Waals surface area contributed by atoms with Crippen LogP contribution in [0, 0.1) is 12.8 Å². The van der Waals surface area contributed by atoms with Gasteiger partial charge in [0.2, 0.25) is 0 Å². The number of hydrogen-bond donors (Lipinski definition) is 2. The molecule has 2 rings (SSSR count). The quantitative estimate of drug-likeness (QED) is 0.832. The van der Waals surface area contributed by atoms with Gasteiger partial charge in [0.25, 0.3) is 0 Å². The van der Waals surface area contributed by atoms with Crippen molar-refractivity contribution >= 4 is 23.3 Å². The molecule has 2 amide bonds. The highest BCUT2D eigenvalue weighted by molar-refractivity contribution is 6.31. The van der Waals surface area contributed by atoms with E-state index in [1.165, 1.54) is 0 Å². The van der Waals surface area contributed by atoms with Gasteiger partial charge < -0.3 is 15.3 Å². The van der Waals surface area contributed by atoms with Crippen LogP contribution in [0.4, 0.5) is 10.5 Å². The van der Waals surface area contributed by atoms with Crippen molar-refractivity contribution in [1.29, 1.82) is 0 Å². The van der Waals surface area contributed by atoms with Crippen molar-refractivity contribution in [3.8, 4) is 0 Å². The summed E-state index contributed by atoms with van der Waals surface area (Å²) in [5.74, 6) is 0.112. The molecule has 1 aromatic rings. The molecular weight excluding hydrogens is 264 g/mol. The van der Waals surface area contributed by atoms with E-state index in [9.17, 15) is 9.90 Å². The Morgan fingerprint density at radius 1 is 1.53 bits per heavy atom. The number of likely N-dealkylation sites (tertiary alicyclic amines) is 1. The van der Waals surface area contributed by atoms with E-state index >= 15 is 0 Å². The molecule has 0 aliphatic carbocycles. The molecular formula is C14H19ClN2O2. The number of aryl methyl sites for hydroxylation is 1. The molecule has 5 heteroatoms. The Labute approximate surface area is 118 Å². The van der Waals surface area contributed by atoms with E-state index in [1.807, 2.05) is 26.0 Å². The molecule has 0 bridgehead atoms. The van der Waals surface area contributed by atoms with Crippen LogP contribution in [0.2, 0.25) is 5.02 Å². The predicted octanol–water partition coefficient (Wildman–Crippen LogP) is 2.88. The van der Waals surface area contributed by atoms with Gasteiger partial charge >= 0.3 is 6.03 Å². The molecule has 0 aromatic heterocycles. The number of rotatable bonds is 1. The largest absolute Gasteiger partial charge is 0.393 e. The van der Waals surface area contributed by atoms with Crippen molar-refractivity contribution in [3.05, 3.63) is 28.8 Å². The van der Waals surface area contributed by atoms with Crippen LogP contribution in [0.3, 0.4) is 0 Å². The molecule has 1 heterocycles. The molecule has 1 aliphatic heterocycles. The monoisotopic (exact) mass is 282 g/mol. The fourth-order valence-corrected chi connectivity index (χ4v) is 2.37. The van der Waals surface area contributed by atoms with E-state index in [1.54, 1.807) is 11.0 Å². The molecule has 1 aliphatic rings. The Hall–Kier alpha value is -1.26. The van der Waals surface area contributed by atoms with Crippen LogP contribution in [0.1, 0.15) is 18.9 Å². The first-order valence-corrected chi connectivity index (χ1v) is 6.85. The lowest BCUT2D eigenvalue weighted by Gasteiger charge is -2.34. The minimum Gasteiger partial charge on any atom is -0.393 e. The minimum atomic E-state index is -0.308. The van der Waals surface area contributed by atoms with Crippen LogP contribution < -0.4 is 5.32 Å². The topological polar surface area (TPSA) is 52.6 Å². The Balaban J connectivity index is 1.99. The highest BCUT2D eigenvalue weighted by Crippen LogP contribution is 2.21. The number of urea groups is 1. The fourth-order valence-electron chi connectivity index (χ4n) is 2.19. The molecule has 4 nitrogen and oxygen atoms in total. The molecule has 1 saturated heterocycles. The van der Waals surface area contributed by atoms with Crippen LogP contribution in [0.15, 0.2) is 18.2 Å². The number of amides is 2. The number of piperidine rings is 1. The highest BCUT2D eigenvalue weighted by atomic mass is 35.5. The standard InChI is InChI=1S/C14H19ClN2O2/c1-9-3-4-11(7-12(9)15)16-14(19)17-6-5-13(18)10(2)8-17/h3-4,7,10,13,18H,5-6,8H2,1-2H3,(H,16,19)/t10-,13+/m0/s1. The maximum Gasteiger partial charge on any atom is 0.321 e. The Morgan fingerprint density at radius 3 is 2.89 bits per heavy atom. The van der Waals surface area contributed by atoms with Gasteiger partial charge in [-0.05, 0) is 37.0 Å². The predicted molar refractivity (Wildman–Crippen MR) is 76.6 cm³/mol. The molecule has 0 unspecified atom stereocenters. The summed E-state index contributed by atoms with van der Waals surface area (Å²) in [6.45, 7) is 5.03. The third kappa shape index (κ3) is 3.39. The van der Waals surface area contributed by atoms with E-state index in [4.69, 9.17) is 11.6 Å². The van der Waals surface area contributed by atoms with Crippen LogP contribution >= 0.6 is 11.6 Å². The average Bonchev–Trinajstić information content (AvgIpc) is 2.37. The molecule has 1 fully saturated rings. The van der Waals surface area contributed by atoms with Gasteiger partial charge in [0, 0.05) is 23.8 Å². The Morgan fingerprint density at radius 2 is 2.26 bits per heavy atom. The van der Waals surface area contributed by atoms with Crippen molar-refractivity contribution in [2.75, 3.05) is 18.4 Å². The van der Waals surface area contributed by atoms with Gasteiger partial charge in [-0.1, -0.05) is 24.6 Å². The summed E-state index contributed by atoms with van der Waals surface area (Å²) >= 11 is 6.03. The van der Waals surface area contributed by atoms with Gasteiger partial charge in [-0.3, -0.25) is 0 Å². The molecule has 19 heavy (non-hydrogen) atoms. The lowest BCUT2D eigenvalue weighted by atomic mass is 9.97. The summed E-state index contributed by atoms with van der Waals surface area (Å²) < 4.78 is 0. The second-order valence-electron chi connectivity index (χ2n) is 5.17. The molecule has 104 valence electrons. The first kappa shape index (κ1) is 14.2. The van der Waals surface area contributed by atoms with E-state index in [2.05, 4.69) is 5.32 Å². The Bertz CT molecular complexity index is 479. The normalized spacial score (nSPS) is 23.3. The van der Waals surface area contributed by atoms with Crippen molar-refractivity contribution in [3.63, 3.8) is 0 Å². The second kappa shape index (κ2) is 5.80. The van der Waals surface area contributed by atoms with Crippen molar-refractivity contribution in [2.45, 2.75) is 26.4 Å². The van der Waals surface area contributed by atoms with E-state index in [0.29, 0.717) is 30.2 Å². The van der Waals surface area contributed by atoms with Gasteiger partial charge in [-0.25, -0.2) is 4.79 Å². The molecule has 1 aromatic carbocycles. The molecule has 2 atom stereocenters. The number of aliphatic hydroxyl groups is 1. The maximum atomic E-state index is 12.1. The summed E-state index contributed by atoms with van der Waals surface area (Å²) in [5.41, 5.74) is 1.67. The van der Waals surface area contributed by atoms with Crippen molar-refractivity contribution in [1.82, 2.24) is 4.90 Å². The summed E-state index contributed by atoms with van der Waals surface area (Å²) in [6, 6.07) is 5.32. The number of hydrogen-bond acceptors (Lipinski definition) is 2. The molecule has 0 radical (unpaired) electrons. The molecule has 2 N–H and O–H groups in total. The molecule has 0 spiro atoms. The van der Waals surface area contributed by atoms with Gasteiger partial charge in [-0.15, -0.1) is 0 Å². The zero-order valence-corrected chi connectivity index (χ0v) is 11.9. The van der Waals surface area contributed by atoms with E-state index in [0.717, 1.165) is 5.56 Å². The van der Waals surface area contributed by atoms with Gasteiger partial charge in [0.05, 0.1) is 6.10 Å². The number of anilines is 1. The van der Waals surface area contributed by atoms with E-state index < -0.39 is 0 Å². The first-order valence-electron chi connectivity index (χ1n) is 6.47. The lowest BCUT2D eigenvalue weighted by Crippen LogP contribution is -2.46. The Kier molecular flexibility index (Phi) is 4.32. The van der Waals surface area contributed by atoms with Gasteiger partial charge in [0.1, 0.15) is 0 Å². The number of carbonyl (C=O) groups is 1. The molecule has 0 saturated carbocycles. The number of aliphatic hydroxyl groups excluding tert-OH is 1. The maximum absolute atomic E-state index is 12.1. The minimum absolute atomic E-state index is 0.112. The third-order valence-electron chi connectivity index (χ3n) is 3.57. The number of halogens is 1. The zero-order valence-electron chi connectivity index (χ0n) is 11.2. The smallest absolute Gasteiger partial charge is 0.321 e. The summed E-state index contributed by atoms with van der Waals surface area (Å²) in [6.07, 6.45) is 0.321. The van der Waals surface area contributed by atoms with Crippen LogP contribution in [0.5, 0.6) is 0 Å². The fraction of sp³-hybridized carbons (Fsp3) is 0.500. The number of carbonyl (C=O) groups excluding carboxylic acids is 1. The van der Waals surface area contributed by atoms with Crippen molar-refractivity contribution in [2.24, 2.45) is 5.92 Å².